The zero-order valence-electron chi connectivity index (χ0n) is 6.63. The summed E-state index contributed by atoms with van der Waals surface area (Å²) in [5.41, 5.74) is 0. The number of rotatable bonds is 0. The van der Waals surface area contributed by atoms with Crippen LogP contribution in [0.2, 0.25) is 0 Å². The van der Waals surface area contributed by atoms with E-state index in [1.807, 2.05) is 24.3 Å². The SMILES string of the molecule is [Cl-].[Mg+2].[c-]1cccc2ccccc12. The third kappa shape index (κ3) is 2.37. The molecule has 0 saturated heterocycles. The van der Waals surface area contributed by atoms with Crippen molar-refractivity contribution in [3.63, 3.8) is 0 Å². The summed E-state index contributed by atoms with van der Waals surface area (Å²) >= 11 is 0. The maximum atomic E-state index is 3.15. The molecular weight excluding hydrogens is 180 g/mol. The molecule has 0 radical (unpaired) electrons. The van der Waals surface area contributed by atoms with E-state index in [0.717, 1.165) is 0 Å². The smallest absolute Gasteiger partial charge is 1.00 e. The maximum absolute atomic E-state index is 3.15. The first-order valence-corrected chi connectivity index (χ1v) is 3.32. The number of hydrogen-bond acceptors (Lipinski definition) is 0. The van der Waals surface area contributed by atoms with E-state index in [9.17, 15) is 0 Å². The molecule has 0 nitrogen and oxygen atoms in total. The van der Waals surface area contributed by atoms with Crippen molar-refractivity contribution in [3.05, 3.63) is 48.5 Å². The third-order valence-corrected chi connectivity index (χ3v) is 1.57. The van der Waals surface area contributed by atoms with E-state index in [0.29, 0.717) is 0 Å². The second-order valence-electron chi connectivity index (χ2n) is 2.26. The van der Waals surface area contributed by atoms with E-state index < -0.39 is 0 Å². The monoisotopic (exact) mass is 186 g/mol. The van der Waals surface area contributed by atoms with Crippen LogP contribution >= 0.6 is 0 Å². The summed E-state index contributed by atoms with van der Waals surface area (Å²) in [5.74, 6) is 0. The minimum Gasteiger partial charge on any atom is -1.00 e. The Balaban J connectivity index is 0.000000605. The average molecular weight is 187 g/mol. The normalized spacial score (nSPS) is 8.33. The molecule has 2 heteroatoms. The molecule has 0 spiro atoms. The molecule has 0 aliphatic carbocycles. The number of halogens is 1. The van der Waals surface area contributed by atoms with Gasteiger partial charge in [-0.15, -0.1) is 47.2 Å². The molecule has 0 amide bonds. The van der Waals surface area contributed by atoms with Crippen molar-refractivity contribution in [1.82, 2.24) is 0 Å². The van der Waals surface area contributed by atoms with Crippen molar-refractivity contribution in [1.29, 1.82) is 0 Å². The van der Waals surface area contributed by atoms with Crippen molar-refractivity contribution in [2.45, 2.75) is 0 Å². The largest absolute Gasteiger partial charge is 2.00 e. The van der Waals surface area contributed by atoms with Crippen molar-refractivity contribution >= 4 is 33.8 Å². The summed E-state index contributed by atoms with van der Waals surface area (Å²) < 4.78 is 0. The van der Waals surface area contributed by atoms with Gasteiger partial charge in [-0.1, -0.05) is 12.1 Å². The van der Waals surface area contributed by atoms with Gasteiger partial charge in [0, 0.05) is 0 Å². The van der Waals surface area contributed by atoms with Crippen molar-refractivity contribution < 1.29 is 12.4 Å². The number of hydrogen-bond donors (Lipinski definition) is 0. The van der Waals surface area contributed by atoms with Gasteiger partial charge in [0.05, 0.1) is 0 Å². The fourth-order valence-corrected chi connectivity index (χ4v) is 1.06. The second kappa shape index (κ2) is 5.41. The van der Waals surface area contributed by atoms with Gasteiger partial charge in [-0.2, -0.15) is 0 Å². The first-order valence-electron chi connectivity index (χ1n) is 3.32. The Hall–Kier alpha value is -0.244. The fraction of sp³-hybridized carbons (Fsp3) is 0. The summed E-state index contributed by atoms with van der Waals surface area (Å²) in [5, 5.41) is 2.44. The molecule has 0 fully saturated rings. The minimum absolute atomic E-state index is 0. The summed E-state index contributed by atoms with van der Waals surface area (Å²) in [7, 11) is 0. The molecule has 0 heterocycles. The molecule has 0 atom stereocenters. The molecule has 2 rings (SSSR count). The Morgan fingerprint density at radius 1 is 0.917 bits per heavy atom. The Morgan fingerprint density at radius 3 is 2.33 bits per heavy atom. The molecular formula is C10H7ClMg. The summed E-state index contributed by atoms with van der Waals surface area (Å²) in [6, 6.07) is 17.4. The average Bonchev–Trinajstić information content (AvgIpc) is 2.05. The van der Waals surface area contributed by atoms with Gasteiger partial charge >= 0.3 is 23.1 Å². The van der Waals surface area contributed by atoms with Gasteiger partial charge < -0.3 is 12.4 Å². The van der Waals surface area contributed by atoms with Gasteiger partial charge in [-0.3, -0.25) is 0 Å². The summed E-state index contributed by atoms with van der Waals surface area (Å²) in [6.07, 6.45) is 0. The molecule has 2 aromatic rings. The molecule has 2 aromatic carbocycles. The van der Waals surface area contributed by atoms with Gasteiger partial charge in [-0.25, -0.2) is 0 Å². The zero-order valence-corrected chi connectivity index (χ0v) is 8.80. The Bertz CT molecular complexity index is 281. The molecule has 12 heavy (non-hydrogen) atoms. The van der Waals surface area contributed by atoms with E-state index in [2.05, 4.69) is 24.3 Å². The van der Waals surface area contributed by atoms with Gasteiger partial charge in [-0.05, 0) is 0 Å². The predicted molar refractivity (Wildman–Crippen MR) is 48.5 cm³/mol. The van der Waals surface area contributed by atoms with Crippen LogP contribution in [0, 0.1) is 6.07 Å². The van der Waals surface area contributed by atoms with E-state index in [1.165, 1.54) is 10.8 Å². The first kappa shape index (κ1) is 11.8. The summed E-state index contributed by atoms with van der Waals surface area (Å²) in [6.45, 7) is 0. The second-order valence-corrected chi connectivity index (χ2v) is 2.26. The molecule has 0 aliphatic rings. The van der Waals surface area contributed by atoms with Crippen molar-refractivity contribution in [2.75, 3.05) is 0 Å². The predicted octanol–water partition coefficient (Wildman–Crippen LogP) is -0.737. The number of benzene rings is 2. The van der Waals surface area contributed by atoms with Crippen LogP contribution < -0.4 is 12.4 Å². The van der Waals surface area contributed by atoms with Crippen LogP contribution in [0.3, 0.4) is 0 Å². The van der Waals surface area contributed by atoms with Gasteiger partial charge in [0.1, 0.15) is 0 Å². The van der Waals surface area contributed by atoms with Crippen molar-refractivity contribution in [3.8, 4) is 0 Å². The van der Waals surface area contributed by atoms with Crippen LogP contribution in [0.25, 0.3) is 10.8 Å². The quantitative estimate of drug-likeness (QED) is 0.376. The molecule has 0 bridgehead atoms. The van der Waals surface area contributed by atoms with E-state index in [-0.39, 0.29) is 35.5 Å². The Kier molecular flexibility index (Phi) is 5.30. The van der Waals surface area contributed by atoms with Crippen LogP contribution in [0.1, 0.15) is 0 Å². The minimum atomic E-state index is 0. The van der Waals surface area contributed by atoms with Crippen LogP contribution in [-0.4, -0.2) is 23.1 Å². The molecule has 0 aromatic heterocycles. The molecule has 0 aliphatic heterocycles. The van der Waals surface area contributed by atoms with Gasteiger partial charge in [0.15, 0.2) is 0 Å². The zero-order chi connectivity index (χ0) is 6.81. The Labute approximate surface area is 94.5 Å². The van der Waals surface area contributed by atoms with E-state index >= 15 is 0 Å². The van der Waals surface area contributed by atoms with Crippen LogP contribution in [0.5, 0.6) is 0 Å². The third-order valence-electron chi connectivity index (χ3n) is 1.57. The fourth-order valence-electron chi connectivity index (χ4n) is 1.06. The van der Waals surface area contributed by atoms with Crippen molar-refractivity contribution in [2.24, 2.45) is 0 Å². The van der Waals surface area contributed by atoms with Crippen LogP contribution in [-0.2, 0) is 0 Å². The van der Waals surface area contributed by atoms with Crippen LogP contribution in [0.4, 0.5) is 0 Å². The molecule has 0 N–H and O–H groups in total. The van der Waals surface area contributed by atoms with Crippen LogP contribution in [0.15, 0.2) is 42.5 Å². The Morgan fingerprint density at radius 2 is 1.58 bits per heavy atom. The van der Waals surface area contributed by atoms with Gasteiger partial charge in [0.2, 0.25) is 0 Å². The standard InChI is InChI=1S/C10H7.ClH.Mg/c1-2-6-10-8-4-3-7-9(10)5-1;;/h1-7H;1H;/q-1;;+2/p-1. The summed E-state index contributed by atoms with van der Waals surface area (Å²) in [4.78, 5) is 0. The van der Waals surface area contributed by atoms with Gasteiger partial charge in [0.25, 0.3) is 0 Å². The molecule has 0 saturated carbocycles. The maximum Gasteiger partial charge on any atom is 2.00 e. The van der Waals surface area contributed by atoms with E-state index in [4.69, 9.17) is 0 Å². The number of fused-ring (bicyclic) bond motifs is 1. The van der Waals surface area contributed by atoms with E-state index in [1.54, 1.807) is 0 Å². The molecule has 56 valence electrons. The molecule has 0 unspecified atom stereocenters. The topological polar surface area (TPSA) is 0 Å². The first-order chi connectivity index (χ1) is 4.97.